The summed E-state index contributed by atoms with van der Waals surface area (Å²) in [6.45, 7) is 1.65. The zero-order valence-corrected chi connectivity index (χ0v) is 14.6. The van der Waals surface area contributed by atoms with E-state index >= 15 is 0 Å². The van der Waals surface area contributed by atoms with Crippen molar-refractivity contribution in [2.45, 2.75) is 18.9 Å². The average molecular weight is 353 g/mol. The molecule has 0 saturated carbocycles. The molecule has 1 aliphatic rings. The predicted molar refractivity (Wildman–Crippen MR) is 97.7 cm³/mol. The number of hydrogen-bond acceptors (Lipinski definition) is 3. The molecule has 2 heterocycles. The molecule has 0 radical (unpaired) electrons. The Bertz CT molecular complexity index is 953. The Labute approximate surface area is 151 Å². The summed E-state index contributed by atoms with van der Waals surface area (Å²) in [5.41, 5.74) is 2.26. The highest BCUT2D eigenvalue weighted by atomic mass is 19.1. The fraction of sp³-hybridized carbons (Fsp3) is 0.300. The number of carbonyl (C=O) groups is 1. The van der Waals surface area contributed by atoms with E-state index in [1.54, 1.807) is 25.3 Å². The summed E-state index contributed by atoms with van der Waals surface area (Å²) >= 11 is 0. The van der Waals surface area contributed by atoms with Crippen molar-refractivity contribution < 1.29 is 13.9 Å². The minimum absolute atomic E-state index is 0.0774. The van der Waals surface area contributed by atoms with Crippen LogP contribution in [0.25, 0.3) is 11.0 Å². The van der Waals surface area contributed by atoms with Crippen LogP contribution >= 0.6 is 0 Å². The van der Waals surface area contributed by atoms with Crippen LogP contribution in [0.5, 0.6) is 0 Å². The summed E-state index contributed by atoms with van der Waals surface area (Å²) in [4.78, 5) is 18.8. The fourth-order valence-corrected chi connectivity index (χ4v) is 3.61. The van der Waals surface area contributed by atoms with E-state index in [0.29, 0.717) is 31.8 Å². The molecule has 3 aromatic rings. The van der Waals surface area contributed by atoms with Gasteiger partial charge in [-0.3, -0.25) is 4.79 Å². The maximum atomic E-state index is 14.1. The lowest BCUT2D eigenvalue weighted by molar-refractivity contribution is -0.117. The summed E-state index contributed by atoms with van der Waals surface area (Å²) in [7, 11) is 1.66. The number of methoxy groups -OCH3 is 1. The van der Waals surface area contributed by atoms with Crippen LogP contribution in [0, 0.1) is 5.82 Å². The number of hydrogen-bond donors (Lipinski definition) is 0. The van der Waals surface area contributed by atoms with Crippen molar-refractivity contribution in [2.24, 2.45) is 0 Å². The van der Waals surface area contributed by atoms with Gasteiger partial charge in [-0.05, 0) is 24.3 Å². The van der Waals surface area contributed by atoms with Crippen molar-refractivity contribution in [1.29, 1.82) is 0 Å². The third kappa shape index (κ3) is 2.86. The molecule has 6 heteroatoms. The van der Waals surface area contributed by atoms with Gasteiger partial charge >= 0.3 is 0 Å². The number of anilines is 1. The zero-order chi connectivity index (χ0) is 18.1. The molecule has 0 bridgehead atoms. The van der Waals surface area contributed by atoms with Crippen molar-refractivity contribution in [3.05, 3.63) is 60.2 Å². The second-order valence-corrected chi connectivity index (χ2v) is 6.46. The monoisotopic (exact) mass is 353 g/mol. The molecule has 4 rings (SSSR count). The summed E-state index contributed by atoms with van der Waals surface area (Å²) in [5, 5.41) is 0. The van der Waals surface area contributed by atoms with E-state index in [4.69, 9.17) is 9.72 Å². The summed E-state index contributed by atoms with van der Waals surface area (Å²) < 4.78 is 21.5. The second kappa shape index (κ2) is 6.88. The minimum atomic E-state index is -0.380. The van der Waals surface area contributed by atoms with Gasteiger partial charge in [-0.2, -0.15) is 0 Å². The molecular weight excluding hydrogens is 333 g/mol. The van der Waals surface area contributed by atoms with Crippen LogP contribution in [-0.2, 0) is 16.1 Å². The SMILES string of the molecule is COCCn1c([C@@H]2CC(=O)N(c3ccccc3F)C2)nc2ccccc21. The number of imidazole rings is 1. The second-order valence-electron chi connectivity index (χ2n) is 6.46. The molecule has 0 N–H and O–H groups in total. The lowest BCUT2D eigenvalue weighted by Gasteiger charge is -2.18. The first-order valence-corrected chi connectivity index (χ1v) is 8.68. The van der Waals surface area contributed by atoms with Gasteiger partial charge in [-0.15, -0.1) is 0 Å². The molecule has 26 heavy (non-hydrogen) atoms. The number of ether oxygens (including phenoxy) is 1. The van der Waals surface area contributed by atoms with Crippen LogP contribution in [0.4, 0.5) is 10.1 Å². The normalized spacial score (nSPS) is 17.4. The lowest BCUT2D eigenvalue weighted by atomic mass is 10.1. The molecule has 2 aromatic carbocycles. The smallest absolute Gasteiger partial charge is 0.227 e. The Morgan fingerprint density at radius 3 is 2.77 bits per heavy atom. The van der Waals surface area contributed by atoms with Gasteiger partial charge in [0.25, 0.3) is 0 Å². The molecule has 1 amide bonds. The number of benzene rings is 2. The topological polar surface area (TPSA) is 47.4 Å². The Morgan fingerprint density at radius 1 is 1.19 bits per heavy atom. The molecular formula is C20H20FN3O2. The molecule has 134 valence electrons. The number of nitrogens with zero attached hydrogens (tertiary/aromatic N) is 3. The van der Waals surface area contributed by atoms with Crippen molar-refractivity contribution in [3.63, 3.8) is 0 Å². The van der Waals surface area contributed by atoms with Gasteiger partial charge in [-0.25, -0.2) is 9.37 Å². The Morgan fingerprint density at radius 2 is 1.96 bits per heavy atom. The highest BCUT2D eigenvalue weighted by Crippen LogP contribution is 2.34. The maximum Gasteiger partial charge on any atom is 0.227 e. The van der Waals surface area contributed by atoms with Gasteiger partial charge < -0.3 is 14.2 Å². The lowest BCUT2D eigenvalue weighted by Crippen LogP contribution is -2.25. The number of halogens is 1. The minimum Gasteiger partial charge on any atom is -0.383 e. The molecule has 0 aliphatic carbocycles. The average Bonchev–Trinajstić information content (AvgIpc) is 3.21. The Hall–Kier alpha value is -2.73. The van der Waals surface area contributed by atoms with Gasteiger partial charge in [0.05, 0.1) is 23.3 Å². The number of aromatic nitrogens is 2. The van der Waals surface area contributed by atoms with E-state index in [1.807, 2.05) is 24.3 Å². The number of rotatable bonds is 5. The highest BCUT2D eigenvalue weighted by molar-refractivity contribution is 5.96. The van der Waals surface area contributed by atoms with Crippen molar-refractivity contribution in [3.8, 4) is 0 Å². The Balaban J connectivity index is 1.70. The van der Waals surface area contributed by atoms with Gasteiger partial charge in [0.2, 0.25) is 5.91 Å². The molecule has 1 aromatic heterocycles. The number of para-hydroxylation sites is 3. The first kappa shape index (κ1) is 16.7. The zero-order valence-electron chi connectivity index (χ0n) is 14.6. The largest absolute Gasteiger partial charge is 0.383 e. The maximum absolute atomic E-state index is 14.1. The van der Waals surface area contributed by atoms with Crippen LogP contribution in [0.3, 0.4) is 0 Å². The van der Waals surface area contributed by atoms with E-state index in [1.165, 1.54) is 11.0 Å². The summed E-state index contributed by atoms with van der Waals surface area (Å²) in [6, 6.07) is 14.3. The number of carbonyl (C=O) groups excluding carboxylic acids is 1. The quantitative estimate of drug-likeness (QED) is 0.707. The van der Waals surface area contributed by atoms with Crippen LogP contribution in [0.1, 0.15) is 18.2 Å². The van der Waals surface area contributed by atoms with Gasteiger partial charge in [-0.1, -0.05) is 24.3 Å². The third-order valence-corrected chi connectivity index (χ3v) is 4.84. The van der Waals surface area contributed by atoms with Gasteiger partial charge in [0.1, 0.15) is 11.6 Å². The van der Waals surface area contributed by atoms with Crippen LogP contribution in [0.2, 0.25) is 0 Å². The predicted octanol–water partition coefficient (Wildman–Crippen LogP) is 3.34. The van der Waals surface area contributed by atoms with Crippen LogP contribution < -0.4 is 4.90 Å². The van der Waals surface area contributed by atoms with E-state index in [-0.39, 0.29) is 17.6 Å². The standard InChI is InChI=1S/C20H20FN3O2/c1-26-11-10-23-18-9-5-3-7-16(18)22-20(23)14-12-19(25)24(13-14)17-8-4-2-6-15(17)21/h2-9,14H,10-13H2,1H3/t14-/m1/s1. The first-order chi connectivity index (χ1) is 12.7. The molecule has 1 saturated heterocycles. The van der Waals surface area contributed by atoms with E-state index in [9.17, 15) is 9.18 Å². The first-order valence-electron chi connectivity index (χ1n) is 8.68. The molecule has 0 unspecified atom stereocenters. The van der Waals surface area contributed by atoms with Crippen LogP contribution in [0.15, 0.2) is 48.5 Å². The number of amides is 1. The molecule has 0 spiro atoms. The van der Waals surface area contributed by atoms with E-state index in [0.717, 1.165) is 16.9 Å². The van der Waals surface area contributed by atoms with Crippen LogP contribution in [-0.4, -0.2) is 35.7 Å². The molecule has 1 aliphatic heterocycles. The van der Waals surface area contributed by atoms with Gasteiger partial charge in [0, 0.05) is 32.5 Å². The van der Waals surface area contributed by atoms with E-state index in [2.05, 4.69) is 4.57 Å². The third-order valence-electron chi connectivity index (χ3n) is 4.84. The van der Waals surface area contributed by atoms with Gasteiger partial charge in [0.15, 0.2) is 0 Å². The van der Waals surface area contributed by atoms with E-state index < -0.39 is 0 Å². The molecule has 5 nitrogen and oxygen atoms in total. The van der Waals surface area contributed by atoms with Crippen molar-refractivity contribution >= 4 is 22.6 Å². The fourth-order valence-electron chi connectivity index (χ4n) is 3.61. The number of fused-ring (bicyclic) bond motifs is 1. The van der Waals surface area contributed by atoms with Crippen molar-refractivity contribution in [2.75, 3.05) is 25.2 Å². The molecule has 1 atom stereocenters. The highest BCUT2D eigenvalue weighted by Gasteiger charge is 2.35. The Kier molecular flexibility index (Phi) is 4.42. The summed E-state index contributed by atoms with van der Waals surface area (Å²) in [6.07, 6.45) is 0.324. The van der Waals surface area contributed by atoms with Crippen molar-refractivity contribution in [1.82, 2.24) is 9.55 Å². The molecule has 1 fully saturated rings. The summed E-state index contributed by atoms with van der Waals surface area (Å²) in [5.74, 6) is 0.321.